The van der Waals surface area contributed by atoms with Crippen molar-refractivity contribution in [3.8, 4) is 0 Å². The van der Waals surface area contributed by atoms with Gasteiger partial charge in [-0.3, -0.25) is 14.6 Å². The molecule has 0 aliphatic rings. The van der Waals surface area contributed by atoms with Gasteiger partial charge in [0.05, 0.1) is 5.56 Å². The van der Waals surface area contributed by atoms with Gasteiger partial charge in [-0.15, -0.1) is 0 Å². The number of rotatable bonds is 7. The Hall–Kier alpha value is -2.40. The van der Waals surface area contributed by atoms with Crippen LogP contribution in [0.15, 0.2) is 48.8 Å². The van der Waals surface area contributed by atoms with Crippen LogP contribution in [0.3, 0.4) is 0 Å². The van der Waals surface area contributed by atoms with Gasteiger partial charge >= 0.3 is 0 Å². The molecular weight excluding hydrogens is 314 g/mol. The smallest absolute Gasteiger partial charge is 0.252 e. The number of aromatic nitrogens is 1. The number of nitrogens with zero attached hydrogens (tertiary/aromatic N) is 1. The van der Waals surface area contributed by atoms with E-state index in [0.717, 1.165) is 5.56 Å². The fourth-order valence-electron chi connectivity index (χ4n) is 2.01. The number of aryl methyl sites for hydroxylation is 1. The maximum atomic E-state index is 11.8. The molecule has 0 aliphatic heterocycles. The maximum Gasteiger partial charge on any atom is 0.252 e. The first-order valence-electron chi connectivity index (χ1n) is 7.35. The first kappa shape index (κ1) is 17.0. The molecule has 1 heterocycles. The Labute approximate surface area is 140 Å². The van der Waals surface area contributed by atoms with Crippen LogP contribution in [0.1, 0.15) is 22.3 Å². The second kappa shape index (κ2) is 8.90. The average molecular weight is 332 g/mol. The lowest BCUT2D eigenvalue weighted by Gasteiger charge is -2.07. The molecule has 0 unspecified atom stereocenters. The van der Waals surface area contributed by atoms with Crippen molar-refractivity contribution >= 4 is 23.4 Å². The Morgan fingerprint density at radius 1 is 1.04 bits per heavy atom. The summed E-state index contributed by atoms with van der Waals surface area (Å²) in [6.07, 6.45) is 4.06. The van der Waals surface area contributed by atoms with Crippen molar-refractivity contribution in [2.45, 2.75) is 12.8 Å². The molecule has 23 heavy (non-hydrogen) atoms. The molecule has 1 aromatic heterocycles. The van der Waals surface area contributed by atoms with Gasteiger partial charge in [-0.05, 0) is 30.2 Å². The summed E-state index contributed by atoms with van der Waals surface area (Å²) in [5, 5.41) is 6.16. The van der Waals surface area contributed by atoms with Crippen LogP contribution in [0.2, 0.25) is 5.02 Å². The number of hydrogen-bond acceptors (Lipinski definition) is 3. The Balaban J connectivity index is 1.63. The Morgan fingerprint density at radius 2 is 1.83 bits per heavy atom. The molecule has 0 spiro atoms. The summed E-state index contributed by atoms with van der Waals surface area (Å²) in [4.78, 5) is 27.4. The molecule has 2 N–H and O–H groups in total. The van der Waals surface area contributed by atoms with Crippen molar-refractivity contribution in [2.24, 2.45) is 0 Å². The van der Waals surface area contributed by atoms with E-state index < -0.39 is 0 Å². The molecule has 6 heteroatoms. The summed E-state index contributed by atoms with van der Waals surface area (Å²) in [6.45, 7) is 0.749. The highest BCUT2D eigenvalue weighted by molar-refractivity contribution is 6.31. The number of benzene rings is 1. The van der Waals surface area contributed by atoms with E-state index in [4.69, 9.17) is 11.6 Å². The molecular formula is C17H18ClN3O2. The molecule has 0 saturated heterocycles. The number of nitrogens with one attached hydrogen (secondary N) is 2. The molecule has 1 aromatic carbocycles. The second-order valence-corrected chi connectivity index (χ2v) is 5.35. The molecule has 5 nitrogen and oxygen atoms in total. The average Bonchev–Trinajstić information content (AvgIpc) is 2.58. The molecule has 2 amide bonds. The standard InChI is InChI=1S/C17H18ClN3O2/c18-15-6-2-1-4-13(15)7-8-16(22)20-10-11-21-17(23)14-5-3-9-19-12-14/h1-6,9,12H,7-8,10-11H2,(H,20,22)(H,21,23). The van der Waals surface area contributed by atoms with Gasteiger partial charge in [-0.25, -0.2) is 0 Å². The summed E-state index contributed by atoms with van der Waals surface area (Å²) in [5.41, 5.74) is 1.45. The molecule has 2 rings (SSSR count). The zero-order valence-corrected chi connectivity index (χ0v) is 13.3. The van der Waals surface area contributed by atoms with Gasteiger partial charge in [0.15, 0.2) is 0 Å². The monoisotopic (exact) mass is 331 g/mol. The Morgan fingerprint density at radius 3 is 2.57 bits per heavy atom. The molecule has 2 aromatic rings. The van der Waals surface area contributed by atoms with Crippen LogP contribution in [-0.4, -0.2) is 29.9 Å². The highest BCUT2D eigenvalue weighted by Gasteiger charge is 2.06. The summed E-state index contributed by atoms with van der Waals surface area (Å²) in [6, 6.07) is 10.9. The number of amides is 2. The van der Waals surface area contributed by atoms with Crippen LogP contribution in [0.25, 0.3) is 0 Å². The van der Waals surface area contributed by atoms with Gasteiger partial charge in [0.1, 0.15) is 0 Å². The van der Waals surface area contributed by atoms with Crippen LogP contribution in [0, 0.1) is 0 Å². The van der Waals surface area contributed by atoms with E-state index >= 15 is 0 Å². The predicted octanol–water partition coefficient (Wildman–Crippen LogP) is 2.21. The molecule has 0 aliphatic carbocycles. The van der Waals surface area contributed by atoms with Crippen molar-refractivity contribution in [3.63, 3.8) is 0 Å². The first-order chi connectivity index (χ1) is 11.2. The highest BCUT2D eigenvalue weighted by atomic mass is 35.5. The van der Waals surface area contributed by atoms with Crippen LogP contribution in [0.5, 0.6) is 0 Å². The van der Waals surface area contributed by atoms with E-state index in [1.54, 1.807) is 18.3 Å². The van der Waals surface area contributed by atoms with Crippen molar-refractivity contribution in [3.05, 3.63) is 64.9 Å². The molecule has 0 bridgehead atoms. The van der Waals surface area contributed by atoms with Gasteiger partial charge < -0.3 is 10.6 Å². The summed E-state index contributed by atoms with van der Waals surface area (Å²) in [5.74, 6) is -0.274. The van der Waals surface area contributed by atoms with Crippen molar-refractivity contribution in [2.75, 3.05) is 13.1 Å². The van der Waals surface area contributed by atoms with Crippen molar-refractivity contribution in [1.82, 2.24) is 15.6 Å². The lowest BCUT2D eigenvalue weighted by Crippen LogP contribution is -2.34. The number of hydrogen-bond donors (Lipinski definition) is 2. The van der Waals surface area contributed by atoms with Gasteiger partial charge in [0.2, 0.25) is 5.91 Å². The lowest BCUT2D eigenvalue weighted by atomic mass is 10.1. The Bertz CT molecular complexity index is 662. The van der Waals surface area contributed by atoms with Gasteiger partial charge in [0.25, 0.3) is 5.91 Å². The number of halogens is 1. The van der Waals surface area contributed by atoms with E-state index in [1.807, 2.05) is 24.3 Å². The third-order valence-electron chi connectivity index (χ3n) is 3.24. The fourth-order valence-corrected chi connectivity index (χ4v) is 2.25. The Kier molecular flexibility index (Phi) is 6.56. The second-order valence-electron chi connectivity index (χ2n) is 4.94. The normalized spacial score (nSPS) is 10.1. The van der Waals surface area contributed by atoms with E-state index in [9.17, 15) is 9.59 Å². The first-order valence-corrected chi connectivity index (χ1v) is 7.73. The largest absolute Gasteiger partial charge is 0.354 e. The summed E-state index contributed by atoms with van der Waals surface area (Å²) >= 11 is 6.04. The molecule has 0 atom stereocenters. The zero-order valence-electron chi connectivity index (χ0n) is 12.6. The van der Waals surface area contributed by atoms with Crippen LogP contribution in [-0.2, 0) is 11.2 Å². The van der Waals surface area contributed by atoms with Crippen molar-refractivity contribution < 1.29 is 9.59 Å². The van der Waals surface area contributed by atoms with Gasteiger partial charge in [0, 0.05) is 36.9 Å². The molecule has 0 fully saturated rings. The minimum atomic E-state index is -0.205. The van der Waals surface area contributed by atoms with Gasteiger partial charge in [-0.2, -0.15) is 0 Å². The van der Waals surface area contributed by atoms with E-state index in [1.165, 1.54) is 6.20 Å². The summed E-state index contributed by atoms with van der Waals surface area (Å²) in [7, 11) is 0. The van der Waals surface area contributed by atoms with E-state index in [0.29, 0.717) is 36.5 Å². The van der Waals surface area contributed by atoms with Crippen LogP contribution >= 0.6 is 11.6 Å². The predicted molar refractivity (Wildman–Crippen MR) is 89.4 cm³/mol. The number of carbonyl (C=O) groups is 2. The minimum absolute atomic E-state index is 0.0689. The fraction of sp³-hybridized carbons (Fsp3) is 0.235. The van der Waals surface area contributed by atoms with Crippen molar-refractivity contribution in [1.29, 1.82) is 0 Å². The van der Waals surface area contributed by atoms with E-state index in [2.05, 4.69) is 15.6 Å². The highest BCUT2D eigenvalue weighted by Crippen LogP contribution is 2.16. The van der Waals surface area contributed by atoms with Crippen LogP contribution in [0.4, 0.5) is 0 Å². The topological polar surface area (TPSA) is 71.1 Å². The third kappa shape index (κ3) is 5.71. The lowest BCUT2D eigenvalue weighted by molar-refractivity contribution is -0.121. The van der Waals surface area contributed by atoms with E-state index in [-0.39, 0.29) is 11.8 Å². The third-order valence-corrected chi connectivity index (χ3v) is 3.60. The summed E-state index contributed by atoms with van der Waals surface area (Å²) < 4.78 is 0. The van der Waals surface area contributed by atoms with Crippen LogP contribution < -0.4 is 10.6 Å². The molecule has 0 radical (unpaired) electrons. The quantitative estimate of drug-likeness (QED) is 0.764. The minimum Gasteiger partial charge on any atom is -0.354 e. The zero-order chi connectivity index (χ0) is 16.5. The number of pyridine rings is 1. The number of carbonyl (C=O) groups excluding carboxylic acids is 2. The molecule has 0 saturated carbocycles. The van der Waals surface area contributed by atoms with Gasteiger partial charge in [-0.1, -0.05) is 29.8 Å². The molecule has 120 valence electrons. The maximum absolute atomic E-state index is 11.8. The SMILES string of the molecule is O=C(CCc1ccccc1Cl)NCCNC(=O)c1cccnc1.